The third-order valence-corrected chi connectivity index (χ3v) is 1.74. The molecule has 0 fully saturated rings. The van der Waals surface area contributed by atoms with Crippen molar-refractivity contribution in [3.8, 4) is 5.75 Å². The van der Waals surface area contributed by atoms with E-state index in [4.69, 9.17) is 9.84 Å². The molecule has 4 heteroatoms. The van der Waals surface area contributed by atoms with Crippen molar-refractivity contribution in [1.82, 2.24) is 4.98 Å². The summed E-state index contributed by atoms with van der Waals surface area (Å²) in [6.07, 6.45) is 1.57. The Labute approximate surface area is 73.2 Å². The molecule has 11 heavy (non-hydrogen) atoms. The fourth-order valence-corrected chi connectivity index (χ4v) is 1.14. The maximum Gasteiger partial charge on any atom is 0.142 e. The summed E-state index contributed by atoms with van der Waals surface area (Å²) in [5, 5.41) is 8.85. The molecule has 0 aliphatic rings. The Kier molecular flexibility index (Phi) is 2.84. The zero-order valence-corrected chi connectivity index (χ0v) is 7.63. The quantitative estimate of drug-likeness (QED) is 0.761. The second-order valence-electron chi connectivity index (χ2n) is 1.98. The smallest absolute Gasteiger partial charge is 0.142 e. The topological polar surface area (TPSA) is 42.4 Å². The van der Waals surface area contributed by atoms with E-state index in [1.807, 2.05) is 0 Å². The lowest BCUT2D eigenvalue weighted by Gasteiger charge is -2.04. The van der Waals surface area contributed by atoms with Gasteiger partial charge in [-0.1, -0.05) is 0 Å². The Morgan fingerprint density at radius 3 is 3.00 bits per heavy atom. The van der Waals surface area contributed by atoms with Crippen molar-refractivity contribution in [2.24, 2.45) is 0 Å². The van der Waals surface area contributed by atoms with E-state index >= 15 is 0 Å². The number of methoxy groups -OCH3 is 1. The van der Waals surface area contributed by atoms with Gasteiger partial charge in [-0.15, -0.1) is 0 Å². The van der Waals surface area contributed by atoms with Crippen LogP contribution in [0.3, 0.4) is 0 Å². The van der Waals surface area contributed by atoms with Crippen molar-refractivity contribution >= 4 is 15.9 Å². The van der Waals surface area contributed by atoms with Crippen molar-refractivity contribution in [1.29, 1.82) is 0 Å². The number of nitrogens with zero attached hydrogens (tertiary/aromatic N) is 1. The molecule has 0 saturated carbocycles. The second-order valence-corrected chi connectivity index (χ2v) is 2.79. The average Bonchev–Trinajstić information content (AvgIpc) is 2.04. The van der Waals surface area contributed by atoms with Crippen LogP contribution in [0.4, 0.5) is 0 Å². The minimum Gasteiger partial charge on any atom is -0.495 e. The minimum atomic E-state index is -0.0374. The van der Waals surface area contributed by atoms with Crippen molar-refractivity contribution in [3.05, 3.63) is 22.4 Å². The lowest BCUT2D eigenvalue weighted by atomic mass is 10.3. The fourth-order valence-electron chi connectivity index (χ4n) is 0.763. The summed E-state index contributed by atoms with van der Waals surface area (Å²) in [5.74, 6) is 0.607. The van der Waals surface area contributed by atoms with E-state index in [0.717, 1.165) is 5.56 Å². The van der Waals surface area contributed by atoms with Crippen LogP contribution in [-0.2, 0) is 6.61 Å². The summed E-state index contributed by atoms with van der Waals surface area (Å²) in [4.78, 5) is 3.94. The monoisotopic (exact) mass is 217 g/mol. The van der Waals surface area contributed by atoms with Gasteiger partial charge in [0.1, 0.15) is 10.4 Å². The summed E-state index contributed by atoms with van der Waals surface area (Å²) in [6.45, 7) is -0.0374. The SMILES string of the molecule is COc1cnc(Br)cc1CO. The molecule has 60 valence electrons. The van der Waals surface area contributed by atoms with Crippen LogP contribution in [0.5, 0.6) is 5.75 Å². The first-order valence-corrected chi connectivity index (χ1v) is 3.86. The van der Waals surface area contributed by atoms with Crippen LogP contribution in [0, 0.1) is 0 Å². The molecule has 0 radical (unpaired) electrons. The molecule has 0 amide bonds. The predicted octanol–water partition coefficient (Wildman–Crippen LogP) is 1.34. The largest absolute Gasteiger partial charge is 0.495 e. The van der Waals surface area contributed by atoms with E-state index in [2.05, 4.69) is 20.9 Å². The Balaban J connectivity index is 3.06. The number of hydrogen-bond donors (Lipinski definition) is 1. The number of aromatic nitrogens is 1. The molecule has 0 aliphatic carbocycles. The standard InChI is InChI=1S/C7H8BrNO2/c1-11-6-3-9-7(8)2-5(6)4-10/h2-3,10H,4H2,1H3. The van der Waals surface area contributed by atoms with Crippen molar-refractivity contribution in [2.45, 2.75) is 6.61 Å². The molecule has 0 aliphatic heterocycles. The first-order chi connectivity index (χ1) is 5.27. The molecule has 0 spiro atoms. The summed E-state index contributed by atoms with van der Waals surface area (Å²) in [7, 11) is 1.55. The number of aliphatic hydroxyl groups excluding tert-OH is 1. The zero-order valence-electron chi connectivity index (χ0n) is 6.04. The second kappa shape index (κ2) is 3.69. The maximum atomic E-state index is 8.85. The number of ether oxygens (including phenoxy) is 1. The summed E-state index contributed by atoms with van der Waals surface area (Å²) >= 11 is 3.19. The fraction of sp³-hybridized carbons (Fsp3) is 0.286. The molecular formula is C7H8BrNO2. The van der Waals surface area contributed by atoms with E-state index < -0.39 is 0 Å². The minimum absolute atomic E-state index is 0.0374. The van der Waals surface area contributed by atoms with Gasteiger partial charge < -0.3 is 9.84 Å². The highest BCUT2D eigenvalue weighted by Gasteiger charge is 2.01. The normalized spacial score (nSPS) is 9.73. The molecule has 1 aromatic rings. The van der Waals surface area contributed by atoms with Crippen molar-refractivity contribution in [2.75, 3.05) is 7.11 Å². The molecule has 0 saturated heterocycles. The lowest BCUT2D eigenvalue weighted by Crippen LogP contribution is -1.92. The molecule has 0 aromatic carbocycles. The highest BCUT2D eigenvalue weighted by molar-refractivity contribution is 9.10. The van der Waals surface area contributed by atoms with E-state index in [-0.39, 0.29) is 6.61 Å². The third kappa shape index (κ3) is 1.91. The van der Waals surface area contributed by atoms with Gasteiger partial charge in [-0.25, -0.2) is 4.98 Å². The number of rotatable bonds is 2. The number of aliphatic hydroxyl groups is 1. The van der Waals surface area contributed by atoms with Crippen LogP contribution in [0.15, 0.2) is 16.9 Å². The number of halogens is 1. The predicted molar refractivity (Wildman–Crippen MR) is 44.4 cm³/mol. The lowest BCUT2D eigenvalue weighted by molar-refractivity contribution is 0.273. The van der Waals surface area contributed by atoms with E-state index in [9.17, 15) is 0 Å². The van der Waals surface area contributed by atoms with Gasteiger partial charge in [-0.05, 0) is 22.0 Å². The average molecular weight is 218 g/mol. The van der Waals surface area contributed by atoms with Gasteiger partial charge in [-0.3, -0.25) is 0 Å². The molecule has 1 heterocycles. The maximum absolute atomic E-state index is 8.85. The van der Waals surface area contributed by atoms with Crippen molar-refractivity contribution < 1.29 is 9.84 Å². The first kappa shape index (κ1) is 8.49. The Hall–Kier alpha value is -0.610. The summed E-state index contributed by atoms with van der Waals surface area (Å²) in [5.41, 5.74) is 0.731. The summed E-state index contributed by atoms with van der Waals surface area (Å²) < 4.78 is 5.64. The van der Waals surface area contributed by atoms with Gasteiger partial charge in [0.2, 0.25) is 0 Å². The number of pyridine rings is 1. The Morgan fingerprint density at radius 2 is 2.45 bits per heavy atom. The van der Waals surface area contributed by atoms with Crippen LogP contribution >= 0.6 is 15.9 Å². The third-order valence-electron chi connectivity index (χ3n) is 1.31. The van der Waals surface area contributed by atoms with E-state index in [0.29, 0.717) is 10.4 Å². The van der Waals surface area contributed by atoms with Crippen LogP contribution in [0.25, 0.3) is 0 Å². The Morgan fingerprint density at radius 1 is 1.73 bits per heavy atom. The number of hydrogen-bond acceptors (Lipinski definition) is 3. The van der Waals surface area contributed by atoms with Gasteiger partial charge in [0.15, 0.2) is 0 Å². The van der Waals surface area contributed by atoms with Crippen LogP contribution in [-0.4, -0.2) is 17.2 Å². The first-order valence-electron chi connectivity index (χ1n) is 3.07. The van der Waals surface area contributed by atoms with Crippen LogP contribution in [0.1, 0.15) is 5.56 Å². The molecule has 0 unspecified atom stereocenters. The molecular weight excluding hydrogens is 210 g/mol. The zero-order chi connectivity index (χ0) is 8.27. The van der Waals surface area contributed by atoms with Gasteiger partial charge in [0.25, 0.3) is 0 Å². The molecule has 0 bridgehead atoms. The van der Waals surface area contributed by atoms with Crippen LogP contribution < -0.4 is 4.74 Å². The van der Waals surface area contributed by atoms with Crippen molar-refractivity contribution in [3.63, 3.8) is 0 Å². The summed E-state index contributed by atoms with van der Waals surface area (Å²) in [6, 6.07) is 1.72. The van der Waals surface area contributed by atoms with Crippen LogP contribution in [0.2, 0.25) is 0 Å². The highest BCUT2D eigenvalue weighted by Crippen LogP contribution is 2.19. The highest BCUT2D eigenvalue weighted by atomic mass is 79.9. The van der Waals surface area contributed by atoms with Gasteiger partial charge in [0.05, 0.1) is 19.9 Å². The van der Waals surface area contributed by atoms with Gasteiger partial charge in [0, 0.05) is 5.56 Å². The Bertz CT molecular complexity index is 252. The molecule has 1 N–H and O–H groups in total. The van der Waals surface area contributed by atoms with Gasteiger partial charge >= 0.3 is 0 Å². The molecule has 1 rings (SSSR count). The molecule has 3 nitrogen and oxygen atoms in total. The van der Waals surface area contributed by atoms with E-state index in [1.165, 1.54) is 0 Å². The van der Waals surface area contributed by atoms with Gasteiger partial charge in [-0.2, -0.15) is 0 Å². The van der Waals surface area contributed by atoms with E-state index in [1.54, 1.807) is 19.4 Å². The molecule has 1 aromatic heterocycles. The molecule has 0 atom stereocenters.